The van der Waals surface area contributed by atoms with Crippen LogP contribution in [-0.2, 0) is 6.54 Å². The van der Waals surface area contributed by atoms with Gasteiger partial charge < -0.3 is 14.0 Å². The van der Waals surface area contributed by atoms with Crippen molar-refractivity contribution in [2.75, 3.05) is 19.5 Å². The monoisotopic (exact) mass is 373 g/mol. The van der Waals surface area contributed by atoms with Gasteiger partial charge in [0.2, 0.25) is 5.95 Å². The number of halogens is 1. The molecule has 0 aliphatic rings. The number of amides is 1. The molecule has 1 heterocycles. The number of carbonyl (C=O) groups excluding carboxylic acids is 1. The average molecular weight is 374 g/mol. The van der Waals surface area contributed by atoms with Gasteiger partial charge in [-0.2, -0.15) is 0 Å². The number of imidazole rings is 1. The number of ether oxygens (including phenoxy) is 2. The number of nitrogens with one attached hydrogen (secondary N) is 1. The van der Waals surface area contributed by atoms with Crippen molar-refractivity contribution in [2.45, 2.75) is 19.9 Å². The summed E-state index contributed by atoms with van der Waals surface area (Å²) in [4.78, 5) is 17.3. The SMILES string of the molecule is CCCn1c(NC(=O)c2cc(Cl)c(OC)c(OC)c2)nc2ccccc21. The molecule has 0 fully saturated rings. The average Bonchev–Trinajstić information content (AvgIpc) is 2.98. The van der Waals surface area contributed by atoms with Gasteiger partial charge in [-0.15, -0.1) is 0 Å². The van der Waals surface area contributed by atoms with Gasteiger partial charge in [-0.25, -0.2) is 4.98 Å². The van der Waals surface area contributed by atoms with Crippen LogP contribution < -0.4 is 14.8 Å². The highest BCUT2D eigenvalue weighted by Crippen LogP contribution is 2.36. The van der Waals surface area contributed by atoms with E-state index in [9.17, 15) is 4.79 Å². The third-order valence-corrected chi connectivity index (χ3v) is 4.30. The number of para-hydroxylation sites is 2. The number of aryl methyl sites for hydroxylation is 1. The number of aromatic nitrogens is 2. The van der Waals surface area contributed by atoms with E-state index in [4.69, 9.17) is 21.1 Å². The van der Waals surface area contributed by atoms with Crippen molar-refractivity contribution in [3.05, 3.63) is 47.0 Å². The van der Waals surface area contributed by atoms with Crippen LogP contribution in [0.5, 0.6) is 11.5 Å². The van der Waals surface area contributed by atoms with Gasteiger partial charge in [-0.3, -0.25) is 10.1 Å². The van der Waals surface area contributed by atoms with E-state index >= 15 is 0 Å². The second-order valence-corrected chi connectivity index (χ2v) is 6.13. The second-order valence-electron chi connectivity index (χ2n) is 5.72. The van der Waals surface area contributed by atoms with Crippen molar-refractivity contribution in [3.8, 4) is 11.5 Å². The van der Waals surface area contributed by atoms with Crippen molar-refractivity contribution < 1.29 is 14.3 Å². The molecule has 1 N–H and O–H groups in total. The highest BCUT2D eigenvalue weighted by atomic mass is 35.5. The largest absolute Gasteiger partial charge is 0.493 e. The van der Waals surface area contributed by atoms with Gasteiger partial charge in [0, 0.05) is 12.1 Å². The first kappa shape index (κ1) is 18.1. The Kier molecular flexibility index (Phi) is 5.32. The molecule has 26 heavy (non-hydrogen) atoms. The summed E-state index contributed by atoms with van der Waals surface area (Å²) in [6, 6.07) is 10.9. The van der Waals surface area contributed by atoms with Crippen LogP contribution in [0.1, 0.15) is 23.7 Å². The molecule has 1 aromatic heterocycles. The number of nitrogens with zero attached hydrogens (tertiary/aromatic N) is 2. The van der Waals surface area contributed by atoms with Gasteiger partial charge in [-0.1, -0.05) is 30.7 Å². The summed E-state index contributed by atoms with van der Waals surface area (Å²) in [6.45, 7) is 2.83. The van der Waals surface area contributed by atoms with Gasteiger partial charge in [0.1, 0.15) is 0 Å². The Morgan fingerprint density at radius 3 is 2.69 bits per heavy atom. The van der Waals surface area contributed by atoms with Crippen LogP contribution in [0.3, 0.4) is 0 Å². The fourth-order valence-electron chi connectivity index (χ4n) is 2.84. The molecule has 0 aliphatic heterocycles. The van der Waals surface area contributed by atoms with E-state index in [1.807, 2.05) is 28.8 Å². The fraction of sp³-hybridized carbons (Fsp3) is 0.263. The zero-order valence-electron chi connectivity index (χ0n) is 14.9. The maximum atomic E-state index is 12.7. The van der Waals surface area contributed by atoms with E-state index in [-0.39, 0.29) is 5.91 Å². The standard InChI is InChI=1S/C19H20ClN3O3/c1-4-9-23-15-8-6-5-7-14(15)21-19(23)22-18(24)12-10-13(20)17(26-3)16(11-12)25-2/h5-8,10-11H,4,9H2,1-3H3,(H,21,22,24). The Morgan fingerprint density at radius 2 is 2.00 bits per heavy atom. The third kappa shape index (κ3) is 3.32. The predicted molar refractivity (Wildman–Crippen MR) is 103 cm³/mol. The number of methoxy groups -OCH3 is 2. The van der Waals surface area contributed by atoms with E-state index < -0.39 is 0 Å². The van der Waals surface area contributed by atoms with Gasteiger partial charge in [0.25, 0.3) is 5.91 Å². The highest BCUT2D eigenvalue weighted by Gasteiger charge is 2.18. The number of anilines is 1. The molecule has 0 atom stereocenters. The molecular formula is C19H20ClN3O3. The van der Waals surface area contributed by atoms with Crippen LogP contribution in [0.15, 0.2) is 36.4 Å². The number of rotatable bonds is 6. The van der Waals surface area contributed by atoms with E-state index in [1.54, 1.807) is 12.1 Å². The molecule has 3 aromatic rings. The molecule has 0 unspecified atom stereocenters. The summed E-state index contributed by atoms with van der Waals surface area (Å²) in [6.07, 6.45) is 0.922. The quantitative estimate of drug-likeness (QED) is 0.696. The molecule has 0 saturated heterocycles. The lowest BCUT2D eigenvalue weighted by Crippen LogP contribution is -2.16. The molecule has 136 valence electrons. The normalized spacial score (nSPS) is 10.8. The molecule has 3 rings (SSSR count). The molecule has 0 aliphatic carbocycles. The van der Waals surface area contributed by atoms with E-state index in [0.717, 1.165) is 24.0 Å². The maximum Gasteiger partial charge on any atom is 0.258 e. The summed E-state index contributed by atoms with van der Waals surface area (Å²) in [5, 5.41) is 3.18. The van der Waals surface area contributed by atoms with Crippen LogP contribution in [0.25, 0.3) is 11.0 Å². The van der Waals surface area contributed by atoms with Crippen LogP contribution >= 0.6 is 11.6 Å². The third-order valence-electron chi connectivity index (χ3n) is 4.02. The van der Waals surface area contributed by atoms with Crippen molar-refractivity contribution in [3.63, 3.8) is 0 Å². The lowest BCUT2D eigenvalue weighted by Gasteiger charge is -2.12. The summed E-state index contributed by atoms with van der Waals surface area (Å²) in [7, 11) is 2.99. The summed E-state index contributed by atoms with van der Waals surface area (Å²) in [5.41, 5.74) is 2.18. The van der Waals surface area contributed by atoms with Crippen molar-refractivity contribution in [2.24, 2.45) is 0 Å². The number of fused-ring (bicyclic) bond motifs is 1. The minimum absolute atomic E-state index is 0.305. The van der Waals surface area contributed by atoms with Crippen molar-refractivity contribution in [1.82, 2.24) is 9.55 Å². The molecule has 0 bridgehead atoms. The Hall–Kier alpha value is -2.73. The van der Waals surface area contributed by atoms with Crippen molar-refractivity contribution >= 4 is 34.5 Å². The Labute approximate surface area is 156 Å². The van der Waals surface area contributed by atoms with Crippen LogP contribution in [-0.4, -0.2) is 29.7 Å². The van der Waals surface area contributed by atoms with Crippen molar-refractivity contribution in [1.29, 1.82) is 0 Å². The molecule has 2 aromatic carbocycles. The Balaban J connectivity index is 1.97. The number of hydrogen-bond donors (Lipinski definition) is 1. The predicted octanol–water partition coefficient (Wildman–Crippen LogP) is 4.37. The first-order valence-corrected chi connectivity index (χ1v) is 8.65. The summed E-state index contributed by atoms with van der Waals surface area (Å²) < 4.78 is 12.5. The minimum atomic E-state index is -0.319. The summed E-state index contributed by atoms with van der Waals surface area (Å²) >= 11 is 6.20. The lowest BCUT2D eigenvalue weighted by molar-refractivity contribution is 0.102. The Bertz CT molecular complexity index is 953. The van der Waals surface area contributed by atoms with E-state index in [1.165, 1.54) is 14.2 Å². The number of benzene rings is 2. The first-order valence-electron chi connectivity index (χ1n) is 8.27. The molecule has 0 radical (unpaired) electrons. The molecule has 1 amide bonds. The van der Waals surface area contributed by atoms with Crippen LogP contribution in [0.2, 0.25) is 5.02 Å². The first-order chi connectivity index (χ1) is 12.6. The minimum Gasteiger partial charge on any atom is -0.493 e. The topological polar surface area (TPSA) is 65.4 Å². The van der Waals surface area contributed by atoms with Gasteiger partial charge in [0.15, 0.2) is 11.5 Å². The highest BCUT2D eigenvalue weighted by molar-refractivity contribution is 6.32. The molecular weight excluding hydrogens is 354 g/mol. The smallest absolute Gasteiger partial charge is 0.258 e. The maximum absolute atomic E-state index is 12.7. The molecule has 0 spiro atoms. The van der Waals surface area contributed by atoms with Crippen LogP contribution in [0.4, 0.5) is 5.95 Å². The lowest BCUT2D eigenvalue weighted by atomic mass is 10.2. The fourth-order valence-corrected chi connectivity index (χ4v) is 3.13. The number of hydrogen-bond acceptors (Lipinski definition) is 4. The molecule has 6 nitrogen and oxygen atoms in total. The Morgan fingerprint density at radius 1 is 1.23 bits per heavy atom. The zero-order chi connectivity index (χ0) is 18.7. The number of carbonyl (C=O) groups is 1. The van der Waals surface area contributed by atoms with E-state index in [0.29, 0.717) is 28.0 Å². The van der Waals surface area contributed by atoms with Gasteiger partial charge in [0.05, 0.1) is 30.3 Å². The van der Waals surface area contributed by atoms with E-state index in [2.05, 4.69) is 17.2 Å². The molecule has 0 saturated carbocycles. The van der Waals surface area contributed by atoms with Gasteiger partial charge >= 0.3 is 0 Å². The van der Waals surface area contributed by atoms with Gasteiger partial charge in [-0.05, 0) is 30.7 Å². The van der Waals surface area contributed by atoms with Crippen LogP contribution in [0, 0.1) is 0 Å². The second kappa shape index (κ2) is 7.66. The zero-order valence-corrected chi connectivity index (χ0v) is 15.6. The summed E-state index contributed by atoms with van der Waals surface area (Å²) in [5.74, 6) is 0.973. The molecule has 7 heteroatoms.